The first-order valence-electron chi connectivity index (χ1n) is 3.16. The van der Waals surface area contributed by atoms with Crippen LogP contribution < -0.4 is 11.3 Å². The number of nitrogens with zero attached hydrogens (tertiary/aromatic N) is 3. The van der Waals surface area contributed by atoms with Crippen molar-refractivity contribution < 1.29 is 0 Å². The lowest BCUT2D eigenvalue weighted by Gasteiger charge is -2.03. The minimum absolute atomic E-state index is 0.654. The average Bonchev–Trinajstić information content (AvgIpc) is 2.34. The van der Waals surface area contributed by atoms with Gasteiger partial charge in [-0.15, -0.1) is 10.2 Å². The molecular weight excluding hydrogens is 162 g/mol. The first-order valence-corrected chi connectivity index (χ1v) is 3.97. The van der Waals surface area contributed by atoms with Gasteiger partial charge in [-0.1, -0.05) is 11.3 Å². The Morgan fingerprint density at radius 1 is 1.55 bits per heavy atom. The van der Waals surface area contributed by atoms with Crippen LogP contribution in [0.4, 0.5) is 5.13 Å². The number of anilines is 1. The predicted molar refractivity (Wildman–Crippen MR) is 45.1 cm³/mol. The van der Waals surface area contributed by atoms with Crippen molar-refractivity contribution in [1.29, 1.82) is 0 Å². The topological polar surface area (TPSA) is 67.1 Å². The van der Waals surface area contributed by atoms with E-state index in [2.05, 4.69) is 15.6 Å². The van der Waals surface area contributed by atoms with E-state index in [0.717, 1.165) is 11.6 Å². The number of nitrogen functional groups attached to an aromatic ring is 1. The molecule has 0 aliphatic carbocycles. The summed E-state index contributed by atoms with van der Waals surface area (Å²) < 4.78 is 0. The summed E-state index contributed by atoms with van der Waals surface area (Å²) in [6, 6.07) is 0. The molecule has 0 aliphatic heterocycles. The van der Waals surface area contributed by atoms with Crippen LogP contribution in [0.5, 0.6) is 0 Å². The zero-order chi connectivity index (χ0) is 8.27. The number of nitrogens with two attached hydrogens (primary N) is 1. The summed E-state index contributed by atoms with van der Waals surface area (Å²) in [6.45, 7) is 0.805. The van der Waals surface area contributed by atoms with E-state index in [1.54, 1.807) is 0 Å². The molecule has 0 radical (unpaired) electrons. The standard InChI is InChI=1S/C5H11N5S/c1-10(2)3-4-8-9-5(7-6)11-4/h3,6H2,1-2H3,(H,7,9). The number of rotatable bonds is 3. The SMILES string of the molecule is CN(C)Cc1nnc(NN)s1. The van der Waals surface area contributed by atoms with Crippen LogP contribution in [0.2, 0.25) is 0 Å². The number of nitrogens with one attached hydrogen (secondary N) is 1. The maximum absolute atomic E-state index is 5.14. The highest BCUT2D eigenvalue weighted by Crippen LogP contribution is 2.14. The Morgan fingerprint density at radius 2 is 2.27 bits per heavy atom. The van der Waals surface area contributed by atoms with Gasteiger partial charge >= 0.3 is 0 Å². The zero-order valence-electron chi connectivity index (χ0n) is 6.53. The van der Waals surface area contributed by atoms with E-state index in [4.69, 9.17) is 5.84 Å². The minimum atomic E-state index is 0.654. The molecule has 0 saturated heterocycles. The quantitative estimate of drug-likeness (QED) is 0.493. The molecule has 0 amide bonds. The fourth-order valence-corrected chi connectivity index (χ4v) is 1.41. The Balaban J connectivity index is 2.58. The van der Waals surface area contributed by atoms with E-state index in [1.807, 2.05) is 19.0 Å². The maximum Gasteiger partial charge on any atom is 0.219 e. The fourth-order valence-electron chi connectivity index (χ4n) is 0.646. The molecule has 0 aromatic carbocycles. The molecule has 0 saturated carbocycles. The Hall–Kier alpha value is -0.720. The van der Waals surface area contributed by atoms with Crippen LogP contribution in [0.3, 0.4) is 0 Å². The van der Waals surface area contributed by atoms with Gasteiger partial charge in [-0.25, -0.2) is 5.84 Å². The summed E-state index contributed by atoms with van der Waals surface area (Å²) in [6.07, 6.45) is 0. The second-order valence-corrected chi connectivity index (χ2v) is 3.45. The average molecular weight is 173 g/mol. The van der Waals surface area contributed by atoms with Crippen molar-refractivity contribution in [2.45, 2.75) is 6.54 Å². The van der Waals surface area contributed by atoms with E-state index in [1.165, 1.54) is 11.3 Å². The summed E-state index contributed by atoms with van der Waals surface area (Å²) in [5, 5.41) is 9.32. The molecule has 0 unspecified atom stereocenters. The lowest BCUT2D eigenvalue weighted by Crippen LogP contribution is -2.10. The summed E-state index contributed by atoms with van der Waals surface area (Å²) in [5.41, 5.74) is 2.45. The van der Waals surface area contributed by atoms with Gasteiger partial charge in [0.2, 0.25) is 5.13 Å². The monoisotopic (exact) mass is 173 g/mol. The molecule has 0 aliphatic rings. The van der Waals surface area contributed by atoms with E-state index in [0.29, 0.717) is 5.13 Å². The molecule has 0 bridgehead atoms. The molecule has 1 aromatic rings. The Morgan fingerprint density at radius 3 is 2.73 bits per heavy atom. The van der Waals surface area contributed by atoms with Gasteiger partial charge in [0.1, 0.15) is 5.01 Å². The maximum atomic E-state index is 5.14. The van der Waals surface area contributed by atoms with Crippen molar-refractivity contribution in [3.8, 4) is 0 Å². The molecule has 62 valence electrons. The van der Waals surface area contributed by atoms with Crippen LogP contribution in [0, 0.1) is 0 Å². The van der Waals surface area contributed by atoms with Crippen LogP contribution in [-0.4, -0.2) is 29.2 Å². The highest BCUT2D eigenvalue weighted by Gasteiger charge is 2.02. The first kappa shape index (κ1) is 8.38. The molecule has 1 aromatic heterocycles. The normalized spacial score (nSPS) is 10.5. The molecule has 1 rings (SSSR count). The van der Waals surface area contributed by atoms with Crippen molar-refractivity contribution in [3.05, 3.63) is 5.01 Å². The minimum Gasteiger partial charge on any atom is -0.303 e. The van der Waals surface area contributed by atoms with Gasteiger partial charge in [-0.3, -0.25) is 5.43 Å². The highest BCUT2D eigenvalue weighted by atomic mass is 32.1. The summed E-state index contributed by atoms with van der Waals surface area (Å²) in [4.78, 5) is 2.03. The largest absolute Gasteiger partial charge is 0.303 e. The van der Waals surface area contributed by atoms with Crippen molar-refractivity contribution >= 4 is 16.5 Å². The van der Waals surface area contributed by atoms with Crippen LogP contribution in [0.15, 0.2) is 0 Å². The van der Waals surface area contributed by atoms with Crippen molar-refractivity contribution in [2.24, 2.45) is 5.84 Å². The van der Waals surface area contributed by atoms with Crippen LogP contribution >= 0.6 is 11.3 Å². The number of hydrazine groups is 1. The van der Waals surface area contributed by atoms with Gasteiger partial charge in [-0.2, -0.15) is 0 Å². The lowest BCUT2D eigenvalue weighted by molar-refractivity contribution is 0.400. The van der Waals surface area contributed by atoms with Gasteiger partial charge in [0.15, 0.2) is 0 Å². The summed E-state index contributed by atoms with van der Waals surface area (Å²) >= 11 is 1.46. The summed E-state index contributed by atoms with van der Waals surface area (Å²) in [7, 11) is 3.97. The molecule has 11 heavy (non-hydrogen) atoms. The molecular formula is C5H11N5S. The van der Waals surface area contributed by atoms with E-state index >= 15 is 0 Å². The lowest BCUT2D eigenvalue weighted by atomic mass is 10.6. The van der Waals surface area contributed by atoms with Crippen molar-refractivity contribution in [1.82, 2.24) is 15.1 Å². The molecule has 0 spiro atoms. The van der Waals surface area contributed by atoms with E-state index < -0.39 is 0 Å². The fraction of sp³-hybridized carbons (Fsp3) is 0.600. The van der Waals surface area contributed by atoms with E-state index in [-0.39, 0.29) is 0 Å². The van der Waals surface area contributed by atoms with Crippen molar-refractivity contribution in [2.75, 3.05) is 19.5 Å². The molecule has 0 fully saturated rings. The zero-order valence-corrected chi connectivity index (χ0v) is 7.35. The third kappa shape index (κ3) is 2.41. The van der Waals surface area contributed by atoms with Crippen molar-refractivity contribution in [3.63, 3.8) is 0 Å². The molecule has 6 heteroatoms. The smallest absolute Gasteiger partial charge is 0.219 e. The molecule has 3 N–H and O–H groups in total. The third-order valence-corrected chi connectivity index (χ3v) is 1.88. The second kappa shape index (κ2) is 3.61. The predicted octanol–water partition coefficient (Wildman–Crippen LogP) is -0.115. The van der Waals surface area contributed by atoms with Gasteiger partial charge < -0.3 is 4.90 Å². The number of hydrogen-bond acceptors (Lipinski definition) is 6. The van der Waals surface area contributed by atoms with Gasteiger partial charge in [-0.05, 0) is 14.1 Å². The first-order chi connectivity index (χ1) is 5.22. The molecule has 5 nitrogen and oxygen atoms in total. The van der Waals surface area contributed by atoms with Gasteiger partial charge in [0.05, 0.1) is 6.54 Å². The van der Waals surface area contributed by atoms with Gasteiger partial charge in [0, 0.05) is 0 Å². The Kier molecular flexibility index (Phi) is 2.75. The second-order valence-electron chi connectivity index (χ2n) is 2.38. The van der Waals surface area contributed by atoms with Crippen LogP contribution in [0.1, 0.15) is 5.01 Å². The van der Waals surface area contributed by atoms with Gasteiger partial charge in [0.25, 0.3) is 0 Å². The number of hydrogen-bond donors (Lipinski definition) is 2. The highest BCUT2D eigenvalue weighted by molar-refractivity contribution is 7.15. The van der Waals surface area contributed by atoms with E-state index in [9.17, 15) is 0 Å². The molecule has 0 atom stereocenters. The Bertz CT molecular complexity index is 220. The van der Waals surface area contributed by atoms with Crippen LogP contribution in [-0.2, 0) is 6.54 Å². The van der Waals surface area contributed by atoms with Crippen LogP contribution in [0.25, 0.3) is 0 Å². The Labute approximate surface area is 69.2 Å². The molecule has 1 heterocycles. The number of aromatic nitrogens is 2. The summed E-state index contributed by atoms with van der Waals surface area (Å²) in [5.74, 6) is 5.14. The third-order valence-electron chi connectivity index (χ3n) is 1.04.